The smallest absolute Gasteiger partial charge is 0.328 e. The zero-order valence-electron chi connectivity index (χ0n) is 15.1. The fourth-order valence-electron chi connectivity index (χ4n) is 3.09. The normalized spacial score (nSPS) is 17.3. The number of ether oxygens (including phenoxy) is 1. The van der Waals surface area contributed by atoms with Crippen LogP contribution in [0, 0.1) is 0 Å². The van der Waals surface area contributed by atoms with E-state index in [1.165, 1.54) is 11.6 Å². The van der Waals surface area contributed by atoms with Crippen molar-refractivity contribution in [1.29, 1.82) is 0 Å². The number of anilines is 1. The summed E-state index contributed by atoms with van der Waals surface area (Å²) in [5.41, 5.74) is 1.91. The minimum Gasteiger partial charge on any atom is -0.497 e. The molecule has 0 unspecified atom stereocenters. The summed E-state index contributed by atoms with van der Waals surface area (Å²) in [5, 5.41) is 12.6. The molecule has 2 heterocycles. The van der Waals surface area contributed by atoms with Crippen molar-refractivity contribution < 1.29 is 14.6 Å². The van der Waals surface area contributed by atoms with Crippen molar-refractivity contribution in [3.05, 3.63) is 58.8 Å². The summed E-state index contributed by atoms with van der Waals surface area (Å²) >= 11 is 6.29. The fraction of sp³-hybridized carbons (Fsp3) is 0.300. The minimum absolute atomic E-state index is 0.272. The SMILES string of the molecule is COc1ccc(CN2CC[C@@H](Nc3ncc(/C=C/C(=O)O)cc3Cl)C2)cc1. The third-order valence-electron chi connectivity index (χ3n) is 4.46. The number of hydrogen-bond donors (Lipinski definition) is 2. The quantitative estimate of drug-likeness (QED) is 0.708. The number of methoxy groups -OCH3 is 1. The summed E-state index contributed by atoms with van der Waals surface area (Å²) in [4.78, 5) is 17.3. The number of carbonyl (C=O) groups is 1. The molecule has 2 N–H and O–H groups in total. The van der Waals surface area contributed by atoms with E-state index < -0.39 is 5.97 Å². The Morgan fingerprint density at radius 1 is 1.44 bits per heavy atom. The number of nitrogens with one attached hydrogen (secondary N) is 1. The lowest BCUT2D eigenvalue weighted by Crippen LogP contribution is -2.26. The largest absolute Gasteiger partial charge is 0.497 e. The first-order valence-electron chi connectivity index (χ1n) is 8.72. The van der Waals surface area contributed by atoms with Gasteiger partial charge in [0.25, 0.3) is 0 Å². The molecule has 7 heteroatoms. The van der Waals surface area contributed by atoms with E-state index in [4.69, 9.17) is 21.4 Å². The van der Waals surface area contributed by atoms with Crippen LogP contribution in [0.25, 0.3) is 6.08 Å². The Bertz CT molecular complexity index is 824. The zero-order valence-corrected chi connectivity index (χ0v) is 15.8. The molecule has 0 bridgehead atoms. The molecule has 142 valence electrons. The lowest BCUT2D eigenvalue weighted by atomic mass is 10.2. The Morgan fingerprint density at radius 2 is 2.22 bits per heavy atom. The second-order valence-corrected chi connectivity index (χ2v) is 6.89. The number of aromatic nitrogens is 1. The molecule has 1 fully saturated rings. The molecule has 0 radical (unpaired) electrons. The summed E-state index contributed by atoms with van der Waals surface area (Å²) < 4.78 is 5.19. The maximum Gasteiger partial charge on any atom is 0.328 e. The first-order chi connectivity index (χ1) is 13.0. The van der Waals surface area contributed by atoms with Crippen LogP contribution in [0.5, 0.6) is 5.75 Å². The van der Waals surface area contributed by atoms with Crippen LogP contribution >= 0.6 is 11.6 Å². The Labute approximate surface area is 163 Å². The maximum absolute atomic E-state index is 10.6. The summed E-state index contributed by atoms with van der Waals surface area (Å²) in [6.45, 7) is 2.80. The van der Waals surface area contributed by atoms with Crippen molar-refractivity contribution in [2.75, 3.05) is 25.5 Å². The predicted octanol–water partition coefficient (Wildman–Crippen LogP) is 3.53. The second-order valence-electron chi connectivity index (χ2n) is 6.48. The minimum atomic E-state index is -1.00. The number of hydrogen-bond acceptors (Lipinski definition) is 5. The molecule has 0 aliphatic carbocycles. The molecule has 0 saturated carbocycles. The van der Waals surface area contributed by atoms with Crippen molar-refractivity contribution >= 4 is 29.5 Å². The average molecular weight is 388 g/mol. The molecule has 27 heavy (non-hydrogen) atoms. The van der Waals surface area contributed by atoms with Gasteiger partial charge in [-0.05, 0) is 41.8 Å². The fourth-order valence-corrected chi connectivity index (χ4v) is 3.32. The Hall–Kier alpha value is -2.57. The average Bonchev–Trinajstić information content (AvgIpc) is 3.09. The highest BCUT2D eigenvalue weighted by molar-refractivity contribution is 6.33. The molecule has 1 saturated heterocycles. The van der Waals surface area contributed by atoms with Crippen LogP contribution < -0.4 is 10.1 Å². The molecule has 0 amide bonds. The van der Waals surface area contributed by atoms with Crippen LogP contribution in [-0.2, 0) is 11.3 Å². The van der Waals surface area contributed by atoms with Gasteiger partial charge in [0.2, 0.25) is 0 Å². The molecule has 1 aromatic carbocycles. The Balaban J connectivity index is 1.55. The summed E-state index contributed by atoms with van der Waals surface area (Å²) in [6.07, 6.45) is 5.15. The molecule has 1 aliphatic heterocycles. The zero-order chi connectivity index (χ0) is 19.2. The van der Waals surface area contributed by atoms with Gasteiger partial charge < -0.3 is 15.2 Å². The standard InChI is InChI=1S/C20H22ClN3O3/c1-27-17-5-2-14(3-6-17)12-24-9-8-16(13-24)23-20-18(21)10-15(11-22-20)4-7-19(25)26/h2-7,10-11,16H,8-9,12-13H2,1H3,(H,22,23)(H,25,26)/b7-4+/t16-/m1/s1. The van der Waals surface area contributed by atoms with Gasteiger partial charge in [-0.15, -0.1) is 0 Å². The predicted molar refractivity (Wildman–Crippen MR) is 106 cm³/mol. The van der Waals surface area contributed by atoms with Crippen molar-refractivity contribution in [2.24, 2.45) is 0 Å². The maximum atomic E-state index is 10.6. The van der Waals surface area contributed by atoms with Crippen LogP contribution in [0.3, 0.4) is 0 Å². The number of likely N-dealkylation sites (tertiary alicyclic amines) is 1. The van der Waals surface area contributed by atoms with E-state index in [1.807, 2.05) is 12.1 Å². The van der Waals surface area contributed by atoms with Gasteiger partial charge in [-0.25, -0.2) is 9.78 Å². The highest BCUT2D eigenvalue weighted by Gasteiger charge is 2.23. The van der Waals surface area contributed by atoms with E-state index in [-0.39, 0.29) is 6.04 Å². The second kappa shape index (κ2) is 8.88. The molecule has 3 rings (SSSR count). The van der Waals surface area contributed by atoms with Gasteiger partial charge in [-0.1, -0.05) is 23.7 Å². The van der Waals surface area contributed by atoms with E-state index in [9.17, 15) is 4.79 Å². The van der Waals surface area contributed by atoms with Crippen molar-refractivity contribution in [3.63, 3.8) is 0 Å². The molecule has 1 aliphatic rings. The van der Waals surface area contributed by atoms with E-state index in [2.05, 4.69) is 27.3 Å². The lowest BCUT2D eigenvalue weighted by molar-refractivity contribution is -0.131. The van der Waals surface area contributed by atoms with Gasteiger partial charge in [-0.3, -0.25) is 4.90 Å². The molecule has 2 aromatic rings. The number of halogens is 1. The van der Waals surface area contributed by atoms with Gasteiger partial charge >= 0.3 is 5.97 Å². The number of benzene rings is 1. The van der Waals surface area contributed by atoms with E-state index >= 15 is 0 Å². The number of carboxylic acids is 1. The van der Waals surface area contributed by atoms with Crippen LogP contribution in [0.1, 0.15) is 17.5 Å². The number of aliphatic carboxylic acids is 1. The topological polar surface area (TPSA) is 74.7 Å². The van der Waals surface area contributed by atoms with Gasteiger partial charge in [0.15, 0.2) is 0 Å². The van der Waals surface area contributed by atoms with Gasteiger partial charge in [-0.2, -0.15) is 0 Å². The van der Waals surface area contributed by atoms with E-state index in [0.717, 1.165) is 37.9 Å². The number of pyridine rings is 1. The first kappa shape index (κ1) is 19.2. The number of nitrogens with zero attached hydrogens (tertiary/aromatic N) is 2. The van der Waals surface area contributed by atoms with Crippen LogP contribution in [0.15, 0.2) is 42.6 Å². The molecular weight excluding hydrogens is 366 g/mol. The van der Waals surface area contributed by atoms with Gasteiger partial charge in [0.1, 0.15) is 11.6 Å². The summed E-state index contributed by atoms with van der Waals surface area (Å²) in [6, 6.07) is 10.1. The first-order valence-corrected chi connectivity index (χ1v) is 9.09. The Morgan fingerprint density at radius 3 is 2.89 bits per heavy atom. The van der Waals surface area contributed by atoms with E-state index in [0.29, 0.717) is 16.4 Å². The monoisotopic (exact) mass is 387 g/mol. The number of rotatable bonds is 7. The van der Waals surface area contributed by atoms with Crippen LogP contribution in [0.4, 0.5) is 5.82 Å². The van der Waals surface area contributed by atoms with Gasteiger partial charge in [0.05, 0.1) is 12.1 Å². The van der Waals surface area contributed by atoms with Crippen molar-refractivity contribution in [3.8, 4) is 5.75 Å². The van der Waals surface area contributed by atoms with Crippen LogP contribution in [0.2, 0.25) is 5.02 Å². The molecular formula is C20H22ClN3O3. The van der Waals surface area contributed by atoms with E-state index in [1.54, 1.807) is 19.4 Å². The molecule has 6 nitrogen and oxygen atoms in total. The molecule has 1 atom stereocenters. The van der Waals surface area contributed by atoms with Gasteiger partial charge in [0, 0.05) is 37.9 Å². The summed E-state index contributed by atoms with van der Waals surface area (Å²) in [7, 11) is 1.67. The summed E-state index contributed by atoms with van der Waals surface area (Å²) in [5.74, 6) is 0.485. The highest BCUT2D eigenvalue weighted by Crippen LogP contribution is 2.24. The number of carboxylic acid groups (broad SMARTS) is 1. The van der Waals surface area contributed by atoms with Crippen molar-refractivity contribution in [1.82, 2.24) is 9.88 Å². The molecule has 0 spiro atoms. The lowest BCUT2D eigenvalue weighted by Gasteiger charge is -2.18. The molecule has 1 aromatic heterocycles. The van der Waals surface area contributed by atoms with Crippen LogP contribution in [-0.4, -0.2) is 47.2 Å². The highest BCUT2D eigenvalue weighted by atomic mass is 35.5. The van der Waals surface area contributed by atoms with Crippen molar-refractivity contribution in [2.45, 2.75) is 19.0 Å². The third kappa shape index (κ3) is 5.45. The Kier molecular flexibility index (Phi) is 6.32. The third-order valence-corrected chi connectivity index (χ3v) is 4.75.